The van der Waals surface area contributed by atoms with Gasteiger partial charge in [0.05, 0.1) is 11.7 Å². The average Bonchev–Trinajstić information content (AvgIpc) is 2.36. The van der Waals surface area contributed by atoms with Gasteiger partial charge in [0.25, 0.3) is 6.43 Å². The number of nitrogen functional groups attached to an aromatic ring is 1. The minimum absolute atomic E-state index is 0.181. The van der Waals surface area contributed by atoms with Crippen LogP contribution in [0.1, 0.15) is 13.3 Å². The van der Waals surface area contributed by atoms with Gasteiger partial charge in [-0.3, -0.25) is 0 Å². The lowest BCUT2D eigenvalue weighted by molar-refractivity contribution is 0.0370. The highest BCUT2D eigenvalue weighted by Gasteiger charge is 2.36. The van der Waals surface area contributed by atoms with Gasteiger partial charge in [0.15, 0.2) is 0 Å². The first-order chi connectivity index (χ1) is 8.54. The quantitative estimate of drug-likeness (QED) is 0.671. The number of halogens is 3. The van der Waals surface area contributed by atoms with Crippen molar-refractivity contribution in [3.8, 4) is 5.75 Å². The van der Waals surface area contributed by atoms with Crippen LogP contribution >= 0.6 is 0 Å². The van der Waals surface area contributed by atoms with Crippen molar-refractivity contribution < 1.29 is 17.9 Å². The van der Waals surface area contributed by atoms with Crippen LogP contribution in [-0.4, -0.2) is 25.4 Å². The van der Waals surface area contributed by atoms with Crippen LogP contribution in [0.15, 0.2) is 18.2 Å². The van der Waals surface area contributed by atoms with Gasteiger partial charge in [-0.2, -0.15) is 0 Å². The normalized spacial score (nSPS) is 20.5. The zero-order valence-corrected chi connectivity index (χ0v) is 9.95. The molecule has 2 rings (SSSR count). The van der Waals surface area contributed by atoms with Crippen LogP contribution in [0.2, 0.25) is 0 Å². The van der Waals surface area contributed by atoms with Crippen molar-refractivity contribution in [2.45, 2.75) is 32.1 Å². The average molecular weight is 260 g/mol. The van der Waals surface area contributed by atoms with Gasteiger partial charge in [0.2, 0.25) is 6.30 Å². The van der Waals surface area contributed by atoms with Crippen LogP contribution in [-0.2, 0) is 0 Å². The molecule has 6 heteroatoms. The van der Waals surface area contributed by atoms with E-state index < -0.39 is 18.8 Å². The summed E-state index contributed by atoms with van der Waals surface area (Å²) in [5.74, 6) is 0.350. The molecular weight excluding hydrogens is 245 g/mol. The van der Waals surface area contributed by atoms with Gasteiger partial charge >= 0.3 is 0 Å². The Morgan fingerprint density at radius 3 is 2.78 bits per heavy atom. The van der Waals surface area contributed by atoms with Crippen LogP contribution in [0, 0.1) is 0 Å². The van der Waals surface area contributed by atoms with E-state index in [2.05, 4.69) is 0 Å². The lowest BCUT2D eigenvalue weighted by Gasteiger charge is -2.39. The Morgan fingerprint density at radius 2 is 2.17 bits per heavy atom. The van der Waals surface area contributed by atoms with Crippen LogP contribution in [0.5, 0.6) is 5.75 Å². The number of hydrogen-bond donors (Lipinski definition) is 1. The molecule has 2 N–H and O–H groups in total. The molecule has 1 aromatic rings. The summed E-state index contributed by atoms with van der Waals surface area (Å²) in [5, 5.41) is 0. The van der Waals surface area contributed by atoms with E-state index in [1.165, 1.54) is 12.1 Å². The number of anilines is 2. The number of benzene rings is 1. The third-order valence-electron chi connectivity index (χ3n) is 3.03. The van der Waals surface area contributed by atoms with Gasteiger partial charge in [-0.15, -0.1) is 0 Å². The number of hydrogen-bond acceptors (Lipinski definition) is 3. The summed E-state index contributed by atoms with van der Waals surface area (Å²) in [6.07, 6.45) is -4.86. The molecule has 1 aromatic carbocycles. The highest BCUT2D eigenvalue weighted by Crippen LogP contribution is 2.38. The van der Waals surface area contributed by atoms with Crippen molar-refractivity contribution >= 4 is 11.4 Å². The fourth-order valence-electron chi connectivity index (χ4n) is 2.09. The van der Waals surface area contributed by atoms with Gasteiger partial charge in [-0.05, 0) is 18.6 Å². The molecule has 0 saturated carbocycles. The SMILES string of the molecule is CCC1COc2cc(N)ccc2N1C(F)C(F)F. The van der Waals surface area contributed by atoms with Gasteiger partial charge in [-0.25, -0.2) is 13.2 Å². The summed E-state index contributed by atoms with van der Waals surface area (Å²) >= 11 is 0. The Balaban J connectivity index is 2.40. The maximum Gasteiger partial charge on any atom is 0.287 e. The summed E-state index contributed by atoms with van der Waals surface area (Å²) in [4.78, 5) is 1.09. The van der Waals surface area contributed by atoms with Gasteiger partial charge in [0, 0.05) is 11.8 Å². The standard InChI is InChI=1S/C12H15F3N2O/c1-2-8-6-18-10-5-7(16)3-4-9(10)17(8)12(15)11(13)14/h3-5,8,11-12H,2,6,16H2,1H3. The number of nitrogens with two attached hydrogens (primary N) is 1. The Bertz CT molecular complexity index is 428. The van der Waals surface area contributed by atoms with Crippen molar-refractivity contribution in [3.63, 3.8) is 0 Å². The fourth-order valence-corrected chi connectivity index (χ4v) is 2.09. The monoisotopic (exact) mass is 260 g/mol. The van der Waals surface area contributed by atoms with Crippen LogP contribution in [0.3, 0.4) is 0 Å². The predicted molar refractivity (Wildman–Crippen MR) is 63.8 cm³/mol. The number of alkyl halides is 3. The van der Waals surface area contributed by atoms with E-state index in [9.17, 15) is 13.2 Å². The second-order valence-electron chi connectivity index (χ2n) is 4.21. The largest absolute Gasteiger partial charge is 0.489 e. The van der Waals surface area contributed by atoms with Crippen molar-refractivity contribution in [1.29, 1.82) is 0 Å². The molecule has 0 aliphatic carbocycles. The van der Waals surface area contributed by atoms with Gasteiger partial charge in [0.1, 0.15) is 12.4 Å². The molecule has 0 bridgehead atoms. The van der Waals surface area contributed by atoms with E-state index in [4.69, 9.17) is 10.5 Å². The minimum atomic E-state index is -3.05. The molecule has 1 aliphatic rings. The van der Waals surface area contributed by atoms with Crippen molar-refractivity contribution in [1.82, 2.24) is 0 Å². The van der Waals surface area contributed by atoms with E-state index in [0.717, 1.165) is 4.90 Å². The molecule has 0 radical (unpaired) electrons. The summed E-state index contributed by atoms with van der Waals surface area (Å²) < 4.78 is 44.4. The summed E-state index contributed by atoms with van der Waals surface area (Å²) in [5.41, 5.74) is 6.37. The zero-order valence-electron chi connectivity index (χ0n) is 9.95. The highest BCUT2D eigenvalue weighted by molar-refractivity contribution is 5.66. The van der Waals surface area contributed by atoms with Crippen LogP contribution < -0.4 is 15.4 Å². The summed E-state index contributed by atoms with van der Waals surface area (Å²) in [6.45, 7) is 1.99. The fraction of sp³-hybridized carbons (Fsp3) is 0.500. The predicted octanol–water partition coefficient (Wildman–Crippen LogP) is 2.81. The Labute approximate surface area is 103 Å². The van der Waals surface area contributed by atoms with Crippen LogP contribution in [0.25, 0.3) is 0 Å². The molecule has 0 saturated heterocycles. The molecule has 2 atom stereocenters. The zero-order chi connectivity index (χ0) is 13.3. The summed E-state index contributed by atoms with van der Waals surface area (Å²) in [6, 6.07) is 4.18. The molecule has 0 amide bonds. The van der Waals surface area contributed by atoms with E-state index in [1.54, 1.807) is 6.07 Å². The lowest BCUT2D eigenvalue weighted by Crippen LogP contribution is -2.49. The molecule has 100 valence electrons. The van der Waals surface area contributed by atoms with Crippen molar-refractivity contribution in [2.75, 3.05) is 17.2 Å². The number of ether oxygens (including phenoxy) is 1. The molecule has 0 fully saturated rings. The van der Waals surface area contributed by atoms with E-state index >= 15 is 0 Å². The molecule has 2 unspecified atom stereocenters. The first-order valence-electron chi connectivity index (χ1n) is 5.77. The number of rotatable bonds is 3. The Kier molecular flexibility index (Phi) is 3.54. The molecule has 1 aliphatic heterocycles. The molecule has 0 spiro atoms. The van der Waals surface area contributed by atoms with E-state index in [-0.39, 0.29) is 6.61 Å². The summed E-state index contributed by atoms with van der Waals surface area (Å²) in [7, 11) is 0. The maximum absolute atomic E-state index is 13.7. The van der Waals surface area contributed by atoms with Crippen molar-refractivity contribution in [3.05, 3.63) is 18.2 Å². The molecule has 0 aromatic heterocycles. The van der Waals surface area contributed by atoms with Gasteiger partial charge < -0.3 is 15.4 Å². The highest BCUT2D eigenvalue weighted by atomic mass is 19.3. The molecule has 3 nitrogen and oxygen atoms in total. The topological polar surface area (TPSA) is 38.5 Å². The third kappa shape index (κ3) is 2.19. The van der Waals surface area contributed by atoms with E-state index in [0.29, 0.717) is 23.5 Å². The second kappa shape index (κ2) is 4.96. The third-order valence-corrected chi connectivity index (χ3v) is 3.03. The first-order valence-corrected chi connectivity index (χ1v) is 5.77. The maximum atomic E-state index is 13.7. The van der Waals surface area contributed by atoms with Crippen molar-refractivity contribution in [2.24, 2.45) is 0 Å². The Morgan fingerprint density at radius 1 is 1.44 bits per heavy atom. The second-order valence-corrected chi connectivity index (χ2v) is 4.21. The minimum Gasteiger partial charge on any atom is -0.489 e. The smallest absolute Gasteiger partial charge is 0.287 e. The molecule has 1 heterocycles. The van der Waals surface area contributed by atoms with E-state index in [1.807, 2.05) is 6.92 Å². The first kappa shape index (κ1) is 12.9. The van der Waals surface area contributed by atoms with Crippen LogP contribution in [0.4, 0.5) is 24.5 Å². The molecular formula is C12H15F3N2O. The Hall–Kier alpha value is -1.59. The lowest BCUT2D eigenvalue weighted by atomic mass is 10.1. The number of fused-ring (bicyclic) bond motifs is 1. The van der Waals surface area contributed by atoms with Gasteiger partial charge in [-0.1, -0.05) is 6.92 Å². The number of nitrogens with zero attached hydrogens (tertiary/aromatic N) is 1. The molecule has 18 heavy (non-hydrogen) atoms.